The molecule has 1 atom stereocenters. The fraction of sp³-hybridized carbons (Fsp3) is 0.440. The van der Waals surface area contributed by atoms with Crippen LogP contribution in [0.15, 0.2) is 48.5 Å². The molecule has 4 rings (SSSR count). The molecule has 2 aliphatic heterocycles. The van der Waals surface area contributed by atoms with Gasteiger partial charge in [-0.15, -0.1) is 0 Å². The minimum atomic E-state index is -4.44. The van der Waals surface area contributed by atoms with Gasteiger partial charge in [-0.05, 0) is 28.8 Å². The van der Waals surface area contributed by atoms with Crippen LogP contribution in [-0.4, -0.2) is 54.5 Å². The summed E-state index contributed by atoms with van der Waals surface area (Å²) in [6, 6.07) is 12.9. The second kappa shape index (κ2) is 10.6. The number of nitrogens with one attached hydrogen (secondary N) is 1. The van der Waals surface area contributed by atoms with Crippen LogP contribution in [0.1, 0.15) is 28.7 Å². The zero-order valence-electron chi connectivity index (χ0n) is 18.8. The largest absolute Gasteiger partial charge is 0.416 e. The minimum absolute atomic E-state index is 0.0505. The first-order valence-corrected chi connectivity index (χ1v) is 11.4. The molecule has 2 aromatic carbocycles. The first-order chi connectivity index (χ1) is 16.3. The van der Waals surface area contributed by atoms with E-state index < -0.39 is 17.7 Å². The van der Waals surface area contributed by atoms with E-state index in [9.17, 15) is 22.8 Å². The number of nitrogens with zero attached hydrogens (tertiary/aromatic N) is 2. The number of carbonyl (C=O) groups excluding carboxylic acids is 2. The van der Waals surface area contributed by atoms with Crippen molar-refractivity contribution in [3.63, 3.8) is 0 Å². The number of likely N-dealkylation sites (tertiary alicyclic amines) is 1. The van der Waals surface area contributed by atoms with Gasteiger partial charge in [-0.2, -0.15) is 13.2 Å². The number of carbonyl (C=O) groups is 2. The highest BCUT2D eigenvalue weighted by Gasteiger charge is 2.35. The maximum Gasteiger partial charge on any atom is 0.416 e. The summed E-state index contributed by atoms with van der Waals surface area (Å²) in [6.07, 6.45) is -4.38. The van der Waals surface area contributed by atoms with E-state index in [1.165, 1.54) is 11.0 Å². The highest BCUT2D eigenvalue weighted by Crippen LogP contribution is 2.30. The summed E-state index contributed by atoms with van der Waals surface area (Å²) in [4.78, 5) is 29.0. The molecule has 2 aliphatic rings. The van der Waals surface area contributed by atoms with Crippen molar-refractivity contribution >= 4 is 11.8 Å². The molecule has 2 fully saturated rings. The lowest BCUT2D eigenvalue weighted by Crippen LogP contribution is -2.36. The molecule has 1 N–H and O–H groups in total. The smallest absolute Gasteiger partial charge is 0.379 e. The van der Waals surface area contributed by atoms with E-state index in [0.717, 1.165) is 42.9 Å². The second-order valence-electron chi connectivity index (χ2n) is 8.75. The van der Waals surface area contributed by atoms with Gasteiger partial charge in [0.2, 0.25) is 11.8 Å². The van der Waals surface area contributed by atoms with Gasteiger partial charge in [-0.1, -0.05) is 36.4 Å². The normalized spacial score (nSPS) is 19.4. The first-order valence-electron chi connectivity index (χ1n) is 11.4. The van der Waals surface area contributed by atoms with E-state index >= 15 is 0 Å². The molecular formula is C25H28F3N3O3. The molecular weight excluding hydrogens is 447 g/mol. The van der Waals surface area contributed by atoms with E-state index in [-0.39, 0.29) is 31.3 Å². The maximum absolute atomic E-state index is 13.0. The Morgan fingerprint density at radius 2 is 1.76 bits per heavy atom. The van der Waals surface area contributed by atoms with Gasteiger partial charge >= 0.3 is 6.18 Å². The summed E-state index contributed by atoms with van der Waals surface area (Å²) in [5.41, 5.74) is 1.80. The van der Waals surface area contributed by atoms with Gasteiger partial charge in [0.25, 0.3) is 0 Å². The molecule has 0 aliphatic carbocycles. The van der Waals surface area contributed by atoms with Crippen molar-refractivity contribution in [2.75, 3.05) is 32.8 Å². The van der Waals surface area contributed by atoms with Crippen LogP contribution in [0.5, 0.6) is 0 Å². The molecule has 2 aromatic rings. The lowest BCUT2D eigenvalue weighted by Gasteiger charge is -2.27. The molecule has 6 nitrogen and oxygen atoms in total. The van der Waals surface area contributed by atoms with Crippen molar-refractivity contribution < 1.29 is 27.5 Å². The summed E-state index contributed by atoms with van der Waals surface area (Å²) < 4.78 is 44.3. The van der Waals surface area contributed by atoms with Crippen molar-refractivity contribution in [3.05, 3.63) is 70.8 Å². The summed E-state index contributed by atoms with van der Waals surface area (Å²) in [7, 11) is 0. The SMILES string of the molecule is O=C(NCc1ccccc1CN1CCOCC1)C1CC(=O)N(Cc2cccc(C(F)(F)F)c2)C1. The van der Waals surface area contributed by atoms with Crippen LogP contribution in [0.25, 0.3) is 0 Å². The topological polar surface area (TPSA) is 61.9 Å². The summed E-state index contributed by atoms with van der Waals surface area (Å²) in [5.74, 6) is -0.976. The number of benzene rings is 2. The molecule has 9 heteroatoms. The van der Waals surface area contributed by atoms with Gasteiger partial charge in [-0.3, -0.25) is 14.5 Å². The number of hydrogen-bond acceptors (Lipinski definition) is 4. The van der Waals surface area contributed by atoms with E-state index in [4.69, 9.17) is 4.74 Å². The van der Waals surface area contributed by atoms with Crippen LogP contribution in [0, 0.1) is 5.92 Å². The van der Waals surface area contributed by atoms with Crippen molar-refractivity contribution in [1.82, 2.24) is 15.1 Å². The second-order valence-corrected chi connectivity index (χ2v) is 8.75. The zero-order chi connectivity index (χ0) is 24.1. The standard InChI is InChI=1S/C25H28F3N3O3/c26-25(27,28)22-7-3-4-18(12-22)15-31-17-21(13-23(31)32)24(33)29-14-19-5-1-2-6-20(19)16-30-8-10-34-11-9-30/h1-7,12,21H,8-11,13-17H2,(H,29,33). The molecule has 182 valence electrons. The third-order valence-electron chi connectivity index (χ3n) is 6.28. The van der Waals surface area contributed by atoms with Crippen LogP contribution in [-0.2, 0) is 40.1 Å². The van der Waals surface area contributed by atoms with Crippen molar-refractivity contribution in [3.8, 4) is 0 Å². The van der Waals surface area contributed by atoms with Crippen LogP contribution in [0.3, 0.4) is 0 Å². The Morgan fingerprint density at radius 1 is 1.03 bits per heavy atom. The molecule has 0 radical (unpaired) electrons. The molecule has 0 spiro atoms. The quantitative estimate of drug-likeness (QED) is 0.668. The molecule has 2 heterocycles. The van der Waals surface area contributed by atoms with Crippen molar-refractivity contribution in [1.29, 1.82) is 0 Å². The van der Waals surface area contributed by atoms with E-state index in [1.54, 1.807) is 6.07 Å². The maximum atomic E-state index is 13.0. The predicted molar refractivity (Wildman–Crippen MR) is 119 cm³/mol. The van der Waals surface area contributed by atoms with Crippen LogP contribution < -0.4 is 5.32 Å². The Hall–Kier alpha value is -2.91. The molecule has 34 heavy (non-hydrogen) atoms. The summed E-state index contributed by atoms with van der Waals surface area (Å²) in [6.45, 7) is 4.54. The Bertz CT molecular complexity index is 1020. The lowest BCUT2D eigenvalue weighted by molar-refractivity contribution is -0.137. The summed E-state index contributed by atoms with van der Waals surface area (Å²) in [5, 5.41) is 2.94. The molecule has 2 saturated heterocycles. The summed E-state index contributed by atoms with van der Waals surface area (Å²) >= 11 is 0. The van der Waals surface area contributed by atoms with Gasteiger partial charge in [0, 0.05) is 45.7 Å². The number of halogens is 3. The molecule has 0 saturated carbocycles. The molecule has 0 bridgehead atoms. The van der Waals surface area contributed by atoms with Crippen molar-refractivity contribution in [2.45, 2.75) is 32.2 Å². The monoisotopic (exact) mass is 475 g/mol. The number of amides is 2. The zero-order valence-corrected chi connectivity index (χ0v) is 18.8. The Labute approximate surface area is 196 Å². The number of ether oxygens (including phenoxy) is 1. The number of hydrogen-bond donors (Lipinski definition) is 1. The average molecular weight is 476 g/mol. The number of rotatable bonds is 7. The third-order valence-corrected chi connectivity index (χ3v) is 6.28. The van der Waals surface area contributed by atoms with E-state index in [2.05, 4.69) is 10.2 Å². The third kappa shape index (κ3) is 6.15. The van der Waals surface area contributed by atoms with Gasteiger partial charge in [0.15, 0.2) is 0 Å². The number of alkyl halides is 3. The molecule has 2 amide bonds. The molecule has 1 unspecified atom stereocenters. The highest BCUT2D eigenvalue weighted by molar-refractivity contribution is 5.89. The van der Waals surface area contributed by atoms with Crippen LogP contribution in [0.4, 0.5) is 13.2 Å². The van der Waals surface area contributed by atoms with E-state index in [0.29, 0.717) is 25.3 Å². The Balaban J connectivity index is 1.32. The fourth-order valence-corrected chi connectivity index (χ4v) is 4.38. The average Bonchev–Trinajstić information content (AvgIpc) is 3.19. The van der Waals surface area contributed by atoms with Gasteiger partial charge in [-0.25, -0.2) is 0 Å². The number of morpholine rings is 1. The first kappa shape index (κ1) is 24.2. The minimum Gasteiger partial charge on any atom is -0.379 e. The van der Waals surface area contributed by atoms with Crippen LogP contribution in [0.2, 0.25) is 0 Å². The van der Waals surface area contributed by atoms with Crippen molar-refractivity contribution in [2.24, 2.45) is 5.92 Å². The van der Waals surface area contributed by atoms with Crippen LogP contribution >= 0.6 is 0 Å². The van der Waals surface area contributed by atoms with E-state index in [1.807, 2.05) is 24.3 Å². The Morgan fingerprint density at radius 3 is 2.50 bits per heavy atom. The molecule has 0 aromatic heterocycles. The van der Waals surface area contributed by atoms with Gasteiger partial charge in [0.1, 0.15) is 0 Å². The predicted octanol–water partition coefficient (Wildman–Crippen LogP) is 3.20. The fourth-order valence-electron chi connectivity index (χ4n) is 4.38. The highest BCUT2D eigenvalue weighted by atomic mass is 19.4. The Kier molecular flexibility index (Phi) is 7.53. The van der Waals surface area contributed by atoms with Gasteiger partial charge < -0.3 is 15.0 Å². The van der Waals surface area contributed by atoms with Gasteiger partial charge in [0.05, 0.1) is 24.7 Å². The lowest BCUT2D eigenvalue weighted by atomic mass is 10.1.